The fraction of sp³-hybridized carbons (Fsp3) is 0.667. The fourth-order valence-corrected chi connectivity index (χ4v) is 5.63. The molecule has 1 aliphatic rings. The molecule has 0 radical (unpaired) electrons. The summed E-state index contributed by atoms with van der Waals surface area (Å²) in [6.45, 7) is 23.9. The Hall–Kier alpha value is -1.72. The Balaban J connectivity index is 1.69. The SMILES string of the molecule is CC(C)(C)OCCC(C)(C)OCCCC1(CCCOC(C)(C)COC(C)(C)C)c2ccccc2-c2ccccc21. The highest BCUT2D eigenvalue weighted by atomic mass is 16.6. The average molecular weight is 553 g/mol. The van der Waals surface area contributed by atoms with Crippen molar-refractivity contribution in [3.05, 3.63) is 59.7 Å². The van der Waals surface area contributed by atoms with E-state index in [4.69, 9.17) is 18.9 Å². The number of hydrogen-bond donors (Lipinski definition) is 0. The highest BCUT2D eigenvalue weighted by Crippen LogP contribution is 2.53. The van der Waals surface area contributed by atoms with Gasteiger partial charge in [0.25, 0.3) is 0 Å². The maximum absolute atomic E-state index is 6.43. The third-order valence-corrected chi connectivity index (χ3v) is 7.75. The average Bonchev–Trinajstić information content (AvgIpc) is 3.12. The van der Waals surface area contributed by atoms with Crippen molar-refractivity contribution in [3.63, 3.8) is 0 Å². The van der Waals surface area contributed by atoms with Gasteiger partial charge >= 0.3 is 0 Å². The van der Waals surface area contributed by atoms with Crippen LogP contribution in [0.25, 0.3) is 11.1 Å². The summed E-state index contributed by atoms with van der Waals surface area (Å²) >= 11 is 0. The molecule has 0 aliphatic heterocycles. The normalized spacial score (nSPS) is 15.2. The monoisotopic (exact) mass is 552 g/mol. The third-order valence-electron chi connectivity index (χ3n) is 7.75. The summed E-state index contributed by atoms with van der Waals surface area (Å²) < 4.78 is 24.8. The molecular formula is C36H56O4. The van der Waals surface area contributed by atoms with Crippen LogP contribution in [0.1, 0.15) is 112 Å². The van der Waals surface area contributed by atoms with E-state index in [0.29, 0.717) is 19.8 Å². The van der Waals surface area contributed by atoms with Gasteiger partial charge in [0.05, 0.1) is 29.0 Å². The van der Waals surface area contributed by atoms with Crippen molar-refractivity contribution in [2.24, 2.45) is 0 Å². The molecule has 0 atom stereocenters. The van der Waals surface area contributed by atoms with Crippen LogP contribution < -0.4 is 0 Å². The van der Waals surface area contributed by atoms with Crippen LogP contribution in [-0.4, -0.2) is 48.8 Å². The molecule has 0 fully saturated rings. The van der Waals surface area contributed by atoms with Crippen molar-refractivity contribution in [2.45, 2.75) is 129 Å². The number of hydrogen-bond acceptors (Lipinski definition) is 4. The number of ether oxygens (including phenoxy) is 4. The second-order valence-corrected chi connectivity index (χ2v) is 14.7. The van der Waals surface area contributed by atoms with Crippen molar-refractivity contribution in [1.29, 1.82) is 0 Å². The second-order valence-electron chi connectivity index (χ2n) is 14.7. The molecule has 0 bridgehead atoms. The van der Waals surface area contributed by atoms with E-state index in [2.05, 4.69) is 118 Å². The third kappa shape index (κ3) is 9.41. The van der Waals surface area contributed by atoms with Crippen LogP contribution in [0, 0.1) is 0 Å². The summed E-state index contributed by atoms with van der Waals surface area (Å²) in [6, 6.07) is 18.0. The van der Waals surface area contributed by atoms with Gasteiger partial charge < -0.3 is 18.9 Å². The Bertz CT molecular complexity index is 1030. The molecule has 2 aromatic carbocycles. The zero-order valence-corrected chi connectivity index (χ0v) is 27.1. The Morgan fingerprint density at radius 1 is 0.525 bits per heavy atom. The zero-order valence-electron chi connectivity index (χ0n) is 27.1. The molecule has 0 heterocycles. The number of fused-ring (bicyclic) bond motifs is 3. The standard InChI is InChI=1S/C36H56O4/c1-32(2,3)37-26-23-34(7,8)38-24-15-21-36(22-16-25-39-35(9,10)27-40-33(4,5)6)30-19-13-11-17-28(30)29-18-12-14-20-31(29)36/h11-14,17-20H,15-16,21-27H2,1-10H3. The summed E-state index contributed by atoms with van der Waals surface area (Å²) in [5.74, 6) is 0. The topological polar surface area (TPSA) is 36.9 Å². The van der Waals surface area contributed by atoms with Crippen LogP contribution in [0.15, 0.2) is 48.5 Å². The number of benzene rings is 2. The molecule has 0 aromatic heterocycles. The molecule has 2 aromatic rings. The number of rotatable bonds is 15. The smallest absolute Gasteiger partial charge is 0.0859 e. The Labute approximate surface area is 245 Å². The predicted octanol–water partition coefficient (Wildman–Crippen LogP) is 9.12. The van der Waals surface area contributed by atoms with E-state index < -0.39 is 0 Å². The van der Waals surface area contributed by atoms with Gasteiger partial charge in [-0.15, -0.1) is 0 Å². The lowest BCUT2D eigenvalue weighted by atomic mass is 9.71. The molecular weight excluding hydrogens is 496 g/mol. The summed E-state index contributed by atoms with van der Waals surface area (Å²) in [6.07, 6.45) is 4.95. The van der Waals surface area contributed by atoms with Gasteiger partial charge in [-0.3, -0.25) is 0 Å². The summed E-state index contributed by atoms with van der Waals surface area (Å²) in [5, 5.41) is 0. The van der Waals surface area contributed by atoms with Gasteiger partial charge in [0.1, 0.15) is 0 Å². The molecule has 3 rings (SSSR count). The van der Waals surface area contributed by atoms with E-state index >= 15 is 0 Å². The van der Waals surface area contributed by atoms with E-state index in [0.717, 1.165) is 38.7 Å². The van der Waals surface area contributed by atoms with E-state index in [1.54, 1.807) is 0 Å². The maximum Gasteiger partial charge on any atom is 0.0859 e. The molecule has 0 N–H and O–H groups in total. The largest absolute Gasteiger partial charge is 0.376 e. The van der Waals surface area contributed by atoms with Gasteiger partial charge in [-0.1, -0.05) is 48.5 Å². The maximum atomic E-state index is 6.43. The molecule has 40 heavy (non-hydrogen) atoms. The van der Waals surface area contributed by atoms with Crippen LogP contribution in [0.3, 0.4) is 0 Å². The van der Waals surface area contributed by atoms with Gasteiger partial charge in [-0.2, -0.15) is 0 Å². The second kappa shape index (κ2) is 13.1. The van der Waals surface area contributed by atoms with Crippen LogP contribution in [0.5, 0.6) is 0 Å². The Kier molecular flexibility index (Phi) is 10.7. The molecule has 0 unspecified atom stereocenters. The molecule has 0 saturated carbocycles. The van der Waals surface area contributed by atoms with E-state index in [-0.39, 0.29) is 27.8 Å². The quantitative estimate of drug-likeness (QED) is 0.206. The highest BCUT2D eigenvalue weighted by Gasteiger charge is 2.42. The first kappa shape index (κ1) is 32.8. The summed E-state index contributed by atoms with van der Waals surface area (Å²) in [7, 11) is 0. The van der Waals surface area contributed by atoms with Crippen molar-refractivity contribution in [1.82, 2.24) is 0 Å². The van der Waals surface area contributed by atoms with Crippen LogP contribution in [-0.2, 0) is 24.4 Å². The highest BCUT2D eigenvalue weighted by molar-refractivity contribution is 5.80. The minimum absolute atomic E-state index is 0.0363. The minimum Gasteiger partial charge on any atom is -0.376 e. The lowest BCUT2D eigenvalue weighted by molar-refractivity contribution is -0.115. The van der Waals surface area contributed by atoms with Crippen molar-refractivity contribution >= 4 is 0 Å². The van der Waals surface area contributed by atoms with Crippen LogP contribution in [0.4, 0.5) is 0 Å². The first-order valence-corrected chi connectivity index (χ1v) is 15.3. The molecule has 0 amide bonds. The van der Waals surface area contributed by atoms with Gasteiger partial charge in [-0.05, 0) is 124 Å². The first-order valence-electron chi connectivity index (χ1n) is 15.3. The molecule has 224 valence electrons. The minimum atomic E-state index is -0.317. The van der Waals surface area contributed by atoms with E-state index in [9.17, 15) is 0 Å². The molecule has 4 nitrogen and oxygen atoms in total. The lowest BCUT2D eigenvalue weighted by Gasteiger charge is -2.34. The zero-order chi connectivity index (χ0) is 29.7. The first-order chi connectivity index (χ1) is 18.5. The lowest BCUT2D eigenvalue weighted by Crippen LogP contribution is -2.36. The van der Waals surface area contributed by atoms with Crippen molar-refractivity contribution in [2.75, 3.05) is 26.4 Å². The molecule has 4 heteroatoms. The summed E-state index contributed by atoms with van der Waals surface area (Å²) in [4.78, 5) is 0. The predicted molar refractivity (Wildman–Crippen MR) is 167 cm³/mol. The molecule has 0 saturated heterocycles. The van der Waals surface area contributed by atoms with Gasteiger partial charge in [0.15, 0.2) is 0 Å². The Morgan fingerprint density at radius 2 is 0.975 bits per heavy atom. The van der Waals surface area contributed by atoms with Gasteiger partial charge in [0, 0.05) is 25.2 Å². The summed E-state index contributed by atoms with van der Waals surface area (Å²) in [5.41, 5.74) is 4.79. The van der Waals surface area contributed by atoms with E-state index in [1.165, 1.54) is 22.3 Å². The fourth-order valence-electron chi connectivity index (χ4n) is 5.63. The van der Waals surface area contributed by atoms with Crippen molar-refractivity contribution in [3.8, 4) is 11.1 Å². The molecule has 1 aliphatic carbocycles. The van der Waals surface area contributed by atoms with Gasteiger partial charge in [-0.25, -0.2) is 0 Å². The molecule has 0 spiro atoms. The van der Waals surface area contributed by atoms with E-state index in [1.807, 2.05) is 0 Å². The van der Waals surface area contributed by atoms with Gasteiger partial charge in [0.2, 0.25) is 0 Å². The Morgan fingerprint density at radius 3 is 1.45 bits per heavy atom. The van der Waals surface area contributed by atoms with Crippen LogP contribution in [0.2, 0.25) is 0 Å². The van der Waals surface area contributed by atoms with Crippen molar-refractivity contribution < 1.29 is 18.9 Å². The van der Waals surface area contributed by atoms with Crippen LogP contribution >= 0.6 is 0 Å².